The second-order valence-electron chi connectivity index (χ2n) is 10.0. The maximum absolute atomic E-state index is 12.5. The van der Waals surface area contributed by atoms with Crippen LogP contribution >= 0.6 is 0 Å². The van der Waals surface area contributed by atoms with Crippen LogP contribution in [0.1, 0.15) is 46.4 Å². The first-order valence-corrected chi connectivity index (χ1v) is 12.9. The number of carbonyl (C=O) groups is 1. The molecule has 4 rings (SSSR count). The number of aromatic amines is 1. The number of carbonyl (C=O) groups excluding carboxylic acids is 1. The minimum Gasteiger partial charge on any atom is -0.506 e. The topological polar surface area (TPSA) is 114 Å². The Labute approximate surface area is 222 Å². The van der Waals surface area contributed by atoms with Gasteiger partial charge in [0.25, 0.3) is 0 Å². The van der Waals surface area contributed by atoms with Gasteiger partial charge in [0.15, 0.2) is 0 Å². The fourth-order valence-electron chi connectivity index (χ4n) is 4.63. The van der Waals surface area contributed by atoms with Crippen molar-refractivity contribution in [2.75, 3.05) is 6.54 Å². The molecule has 4 aromatic rings. The van der Waals surface area contributed by atoms with Crippen LogP contribution in [0.5, 0.6) is 5.75 Å². The van der Waals surface area contributed by atoms with Crippen molar-refractivity contribution in [1.82, 2.24) is 15.6 Å². The van der Waals surface area contributed by atoms with E-state index in [9.17, 15) is 19.8 Å². The summed E-state index contributed by atoms with van der Waals surface area (Å²) in [5.74, 6) is -0.0501. The second kappa shape index (κ2) is 12.1. The number of benzene rings is 3. The Morgan fingerprint density at radius 2 is 1.74 bits per heavy atom. The van der Waals surface area contributed by atoms with E-state index in [2.05, 4.69) is 41.6 Å². The largest absolute Gasteiger partial charge is 0.506 e. The second-order valence-corrected chi connectivity index (χ2v) is 10.0. The third kappa shape index (κ3) is 6.88. The number of rotatable bonds is 10. The molecule has 0 bridgehead atoms. The Bertz CT molecular complexity index is 1490. The molecule has 0 aliphatic carbocycles. The van der Waals surface area contributed by atoms with E-state index in [0.29, 0.717) is 36.0 Å². The van der Waals surface area contributed by atoms with Crippen LogP contribution in [0, 0.1) is 13.8 Å². The van der Waals surface area contributed by atoms with Crippen LogP contribution in [-0.2, 0) is 24.2 Å². The van der Waals surface area contributed by atoms with Gasteiger partial charge in [0.1, 0.15) is 5.75 Å². The van der Waals surface area contributed by atoms with Gasteiger partial charge in [0, 0.05) is 30.6 Å². The molecule has 7 heteroatoms. The summed E-state index contributed by atoms with van der Waals surface area (Å²) in [4.78, 5) is 26.8. The Hall–Kier alpha value is -3.94. The van der Waals surface area contributed by atoms with Crippen LogP contribution in [-0.4, -0.2) is 33.7 Å². The lowest BCUT2D eigenvalue weighted by atomic mass is 10.0. The highest BCUT2D eigenvalue weighted by atomic mass is 16.3. The zero-order valence-corrected chi connectivity index (χ0v) is 22.0. The first-order valence-electron chi connectivity index (χ1n) is 12.9. The van der Waals surface area contributed by atoms with Crippen LogP contribution in [0.25, 0.3) is 10.9 Å². The monoisotopic (exact) mass is 513 g/mol. The minimum absolute atomic E-state index is 0.0165. The number of aliphatic hydroxyl groups excluding tert-OH is 1. The van der Waals surface area contributed by atoms with Gasteiger partial charge < -0.3 is 25.8 Å². The van der Waals surface area contributed by atoms with Crippen molar-refractivity contribution in [1.29, 1.82) is 0 Å². The number of phenolic OH excluding ortho intramolecular Hbond substituents is 1. The standard InChI is InChI=1S/C31H35N3O4/c1-19-7-8-24(13-20(19)2)17-33-30(38)16-23-6-4-5-22(15-23)14-21(3)32-18-28(36)25-9-11-27(35)31-26(25)10-12-29(37)34-31/h4-13,15,21,28,32,35-36H,14,16-18H2,1-3H3,(H,33,38)(H,34,37)/t21-,28-/m1/s1. The number of aliphatic hydroxyl groups is 1. The smallest absolute Gasteiger partial charge is 0.248 e. The third-order valence-corrected chi connectivity index (χ3v) is 6.88. The molecule has 0 spiro atoms. The number of pyridine rings is 1. The molecule has 38 heavy (non-hydrogen) atoms. The van der Waals surface area contributed by atoms with Gasteiger partial charge in [0.05, 0.1) is 18.0 Å². The molecule has 0 radical (unpaired) electrons. The van der Waals surface area contributed by atoms with Gasteiger partial charge in [0.2, 0.25) is 11.5 Å². The first-order chi connectivity index (χ1) is 18.2. The summed E-state index contributed by atoms with van der Waals surface area (Å²) < 4.78 is 0. The van der Waals surface area contributed by atoms with Crippen LogP contribution in [0.4, 0.5) is 0 Å². The average Bonchev–Trinajstić information content (AvgIpc) is 2.88. The number of aromatic hydroxyl groups is 1. The van der Waals surface area contributed by atoms with Crippen molar-refractivity contribution in [2.45, 2.75) is 52.3 Å². The van der Waals surface area contributed by atoms with Crippen LogP contribution in [0.3, 0.4) is 0 Å². The van der Waals surface area contributed by atoms with Gasteiger partial charge in [-0.3, -0.25) is 9.59 Å². The molecule has 0 saturated heterocycles. The molecular weight excluding hydrogens is 478 g/mol. The number of hydrogen-bond acceptors (Lipinski definition) is 5. The van der Waals surface area contributed by atoms with Crippen molar-refractivity contribution in [3.8, 4) is 5.75 Å². The van der Waals surface area contributed by atoms with Crippen molar-refractivity contribution >= 4 is 16.8 Å². The molecule has 1 amide bonds. The molecular formula is C31H35N3O4. The van der Waals surface area contributed by atoms with Crippen molar-refractivity contribution in [2.24, 2.45) is 0 Å². The van der Waals surface area contributed by atoms with Gasteiger partial charge >= 0.3 is 0 Å². The van der Waals surface area contributed by atoms with E-state index in [4.69, 9.17) is 0 Å². The van der Waals surface area contributed by atoms with Gasteiger partial charge in [-0.2, -0.15) is 0 Å². The predicted molar refractivity (Wildman–Crippen MR) is 150 cm³/mol. The zero-order chi connectivity index (χ0) is 27.2. The van der Waals surface area contributed by atoms with E-state index < -0.39 is 6.10 Å². The normalized spacial score (nSPS) is 12.8. The summed E-state index contributed by atoms with van der Waals surface area (Å²) in [6, 6.07) is 20.4. The summed E-state index contributed by atoms with van der Waals surface area (Å²) in [5, 5.41) is 27.9. The van der Waals surface area contributed by atoms with Crippen molar-refractivity contribution < 1.29 is 15.0 Å². The van der Waals surface area contributed by atoms with E-state index in [1.807, 2.05) is 37.3 Å². The summed E-state index contributed by atoms with van der Waals surface area (Å²) >= 11 is 0. The maximum Gasteiger partial charge on any atom is 0.248 e. The minimum atomic E-state index is -0.821. The summed E-state index contributed by atoms with van der Waals surface area (Å²) in [6.07, 6.45) is 0.225. The number of nitrogens with one attached hydrogen (secondary N) is 3. The van der Waals surface area contributed by atoms with Crippen molar-refractivity contribution in [3.05, 3.63) is 110 Å². The number of hydrogen-bond donors (Lipinski definition) is 5. The fraction of sp³-hybridized carbons (Fsp3) is 0.290. The number of aromatic nitrogens is 1. The number of amides is 1. The van der Waals surface area contributed by atoms with E-state index in [-0.39, 0.29) is 23.3 Å². The van der Waals surface area contributed by atoms with E-state index in [1.165, 1.54) is 23.3 Å². The molecule has 7 nitrogen and oxygen atoms in total. The molecule has 0 aliphatic heterocycles. The Balaban J connectivity index is 1.30. The molecule has 2 atom stereocenters. The number of aryl methyl sites for hydroxylation is 2. The summed E-state index contributed by atoms with van der Waals surface area (Å²) in [7, 11) is 0. The highest BCUT2D eigenvalue weighted by Crippen LogP contribution is 2.28. The van der Waals surface area contributed by atoms with E-state index in [0.717, 1.165) is 23.1 Å². The molecule has 1 aromatic heterocycles. The van der Waals surface area contributed by atoms with E-state index >= 15 is 0 Å². The molecule has 0 unspecified atom stereocenters. The number of H-pyrrole nitrogens is 1. The molecule has 3 aromatic carbocycles. The molecule has 0 fully saturated rings. The molecule has 198 valence electrons. The maximum atomic E-state index is 12.5. The predicted octanol–water partition coefficient (Wildman–Crippen LogP) is 3.96. The quantitative estimate of drug-likeness (QED) is 0.220. The third-order valence-electron chi connectivity index (χ3n) is 6.88. The first kappa shape index (κ1) is 27.1. The zero-order valence-electron chi connectivity index (χ0n) is 22.0. The molecule has 5 N–H and O–H groups in total. The Morgan fingerprint density at radius 3 is 2.53 bits per heavy atom. The highest BCUT2D eigenvalue weighted by molar-refractivity contribution is 5.87. The van der Waals surface area contributed by atoms with Crippen LogP contribution in [0.2, 0.25) is 0 Å². The van der Waals surface area contributed by atoms with Gasteiger partial charge in [-0.25, -0.2) is 0 Å². The lowest BCUT2D eigenvalue weighted by molar-refractivity contribution is -0.120. The van der Waals surface area contributed by atoms with E-state index in [1.54, 1.807) is 12.1 Å². The number of phenols is 1. The Morgan fingerprint density at radius 1 is 0.947 bits per heavy atom. The van der Waals surface area contributed by atoms with Gasteiger partial charge in [-0.1, -0.05) is 48.5 Å². The van der Waals surface area contributed by atoms with Crippen LogP contribution < -0.4 is 16.2 Å². The summed E-state index contributed by atoms with van der Waals surface area (Å²) in [6.45, 7) is 7.00. The molecule has 0 saturated carbocycles. The molecule has 1 heterocycles. The van der Waals surface area contributed by atoms with Crippen molar-refractivity contribution in [3.63, 3.8) is 0 Å². The SMILES string of the molecule is Cc1ccc(CNC(=O)Cc2cccc(C[C@@H](C)NC[C@@H](O)c3ccc(O)c4[nH]c(=O)ccc34)c2)cc1C. The average molecular weight is 514 g/mol. The van der Waals surface area contributed by atoms with Crippen LogP contribution in [0.15, 0.2) is 71.5 Å². The number of fused-ring (bicyclic) bond motifs is 1. The highest BCUT2D eigenvalue weighted by Gasteiger charge is 2.15. The lowest BCUT2D eigenvalue weighted by Gasteiger charge is -2.19. The van der Waals surface area contributed by atoms with Gasteiger partial charge in [-0.05, 0) is 72.7 Å². The van der Waals surface area contributed by atoms with Gasteiger partial charge in [-0.15, -0.1) is 0 Å². The Kier molecular flexibility index (Phi) is 8.61. The molecule has 0 aliphatic rings. The lowest BCUT2D eigenvalue weighted by Crippen LogP contribution is -2.32. The fourth-order valence-corrected chi connectivity index (χ4v) is 4.63. The summed E-state index contributed by atoms with van der Waals surface area (Å²) in [5.41, 5.74) is 6.23.